The predicted octanol–water partition coefficient (Wildman–Crippen LogP) is 4.92. The van der Waals surface area contributed by atoms with Gasteiger partial charge in [0.2, 0.25) is 5.91 Å². The number of nitro benzene ring substituents is 1. The number of hydrogen-bond donors (Lipinski definition) is 1. The second-order valence-corrected chi connectivity index (χ2v) is 10.5. The van der Waals surface area contributed by atoms with E-state index in [9.17, 15) is 71.4 Å². The van der Waals surface area contributed by atoms with Crippen molar-refractivity contribution in [1.82, 2.24) is 0 Å². The van der Waals surface area contributed by atoms with Gasteiger partial charge in [0.05, 0.1) is 26.2 Å². The lowest BCUT2D eigenvalue weighted by Crippen LogP contribution is -2.55. The molecule has 210 valence electrons. The molecule has 1 atom stereocenters. The van der Waals surface area contributed by atoms with E-state index in [1.54, 1.807) is 0 Å². The van der Waals surface area contributed by atoms with E-state index >= 15 is 0 Å². The summed E-state index contributed by atoms with van der Waals surface area (Å²) in [5.41, 5.74) is -3.23. The zero-order valence-corrected chi connectivity index (χ0v) is 19.4. The van der Waals surface area contributed by atoms with Crippen LogP contribution in [0.15, 0.2) is 52.3 Å². The highest BCUT2D eigenvalue weighted by Crippen LogP contribution is 2.51. The minimum atomic E-state index is -7.11. The summed E-state index contributed by atoms with van der Waals surface area (Å²) in [5.74, 6) is -9.62. The van der Waals surface area contributed by atoms with Crippen LogP contribution in [0.1, 0.15) is 5.56 Å². The third-order valence-corrected chi connectivity index (χ3v) is 7.64. The van der Waals surface area contributed by atoms with Crippen LogP contribution in [0.5, 0.6) is 0 Å². The van der Waals surface area contributed by atoms with Crippen molar-refractivity contribution in [2.45, 2.75) is 33.3 Å². The van der Waals surface area contributed by atoms with E-state index in [0.29, 0.717) is 12.1 Å². The number of alkyl halides is 10. The van der Waals surface area contributed by atoms with Gasteiger partial charge in [0.15, 0.2) is 0 Å². The number of carbonyl (C=O) groups excluding carboxylic acids is 1. The number of benzene rings is 2. The van der Waals surface area contributed by atoms with E-state index in [0.717, 1.165) is 12.1 Å². The van der Waals surface area contributed by atoms with E-state index in [2.05, 4.69) is 0 Å². The third-order valence-electron chi connectivity index (χ3n) is 4.48. The van der Waals surface area contributed by atoms with Crippen molar-refractivity contribution in [3.63, 3.8) is 0 Å². The van der Waals surface area contributed by atoms with Gasteiger partial charge in [-0.1, -0.05) is 6.07 Å². The summed E-state index contributed by atoms with van der Waals surface area (Å²) in [6.07, 6.45) is -11.8. The summed E-state index contributed by atoms with van der Waals surface area (Å²) in [6, 6.07) is 2.78. The van der Waals surface area contributed by atoms with Gasteiger partial charge in [-0.2, -0.15) is 43.9 Å². The predicted molar refractivity (Wildman–Crippen MR) is 108 cm³/mol. The first-order valence-corrected chi connectivity index (χ1v) is 12.0. The number of anilines is 1. The fourth-order valence-electron chi connectivity index (χ4n) is 2.65. The Morgan fingerprint density at radius 3 is 2.03 bits per heavy atom. The van der Waals surface area contributed by atoms with Gasteiger partial charge < -0.3 is 5.32 Å². The smallest absolute Gasteiger partial charge is 0.325 e. The highest BCUT2D eigenvalue weighted by Gasteiger charge is 2.78. The Morgan fingerprint density at radius 2 is 1.53 bits per heavy atom. The summed E-state index contributed by atoms with van der Waals surface area (Å²) in [4.78, 5) is 18.7. The summed E-state index contributed by atoms with van der Waals surface area (Å²) in [7, 11) is -9.75. The molecule has 0 radical (unpaired) electrons. The number of hydrogen-bond acceptors (Lipinski definition) is 6. The van der Waals surface area contributed by atoms with Crippen LogP contribution in [-0.4, -0.2) is 46.6 Å². The highest BCUT2D eigenvalue weighted by atomic mass is 32.2. The third kappa shape index (κ3) is 5.89. The van der Waals surface area contributed by atoms with Crippen LogP contribution in [0, 0.1) is 10.1 Å². The lowest BCUT2D eigenvalue weighted by atomic mass is 10.2. The van der Waals surface area contributed by atoms with Crippen LogP contribution < -0.4 is 5.32 Å². The second-order valence-electron chi connectivity index (χ2n) is 7.10. The van der Waals surface area contributed by atoms with Gasteiger partial charge in [-0.3, -0.25) is 19.1 Å². The standard InChI is InChI=1S/C18H10F10N2O6S2/c19-15(20,21)9-2-1-3-10(6-9)29-14(31)8-37(34)13-5-4-11(7-12(13)30(32)33)38(35,36)18(27,28)16(22,23)17(24,25)26/h1-7H,8H2,(H,29,31). The maximum atomic E-state index is 13.8. The van der Waals surface area contributed by atoms with Crippen molar-refractivity contribution < 1.29 is 66.2 Å². The summed E-state index contributed by atoms with van der Waals surface area (Å²) < 4.78 is 166. The Hall–Kier alpha value is -3.29. The van der Waals surface area contributed by atoms with E-state index in [4.69, 9.17) is 0 Å². The molecule has 38 heavy (non-hydrogen) atoms. The molecule has 0 aliphatic heterocycles. The number of rotatable bonds is 8. The van der Waals surface area contributed by atoms with Crippen molar-refractivity contribution in [2.24, 2.45) is 0 Å². The molecule has 0 spiro atoms. The SMILES string of the molecule is O=C(CS(=O)c1ccc(S(=O)(=O)C(F)(F)C(F)(F)C(F)(F)F)cc1[N+](=O)[O-])Nc1cccc(C(F)(F)F)c1. The first kappa shape index (κ1) is 30.9. The molecule has 2 rings (SSSR count). The van der Waals surface area contributed by atoms with Crippen LogP contribution in [0.2, 0.25) is 0 Å². The topological polar surface area (TPSA) is 123 Å². The van der Waals surface area contributed by atoms with Crippen molar-refractivity contribution in [1.29, 1.82) is 0 Å². The van der Waals surface area contributed by atoms with Crippen molar-refractivity contribution in [3.05, 3.63) is 58.1 Å². The van der Waals surface area contributed by atoms with Gasteiger partial charge in [-0.15, -0.1) is 0 Å². The van der Waals surface area contributed by atoms with Gasteiger partial charge in [0, 0.05) is 11.8 Å². The molecule has 1 amide bonds. The number of halogens is 10. The molecule has 8 nitrogen and oxygen atoms in total. The molecular weight excluding hydrogens is 594 g/mol. The molecule has 0 aliphatic rings. The monoisotopic (exact) mass is 604 g/mol. The van der Waals surface area contributed by atoms with Gasteiger partial charge in [-0.05, 0) is 30.3 Å². The Kier molecular flexibility index (Phi) is 8.23. The summed E-state index contributed by atoms with van der Waals surface area (Å²) in [5, 5.41) is 6.35. The molecule has 2 aromatic rings. The van der Waals surface area contributed by atoms with Crippen molar-refractivity contribution in [3.8, 4) is 0 Å². The molecule has 0 aromatic heterocycles. The van der Waals surface area contributed by atoms with Gasteiger partial charge in [0.1, 0.15) is 10.6 Å². The van der Waals surface area contributed by atoms with Crippen molar-refractivity contribution in [2.75, 3.05) is 11.1 Å². The molecule has 0 fully saturated rings. The van der Waals surface area contributed by atoms with Crippen LogP contribution in [0.25, 0.3) is 0 Å². The number of nitrogens with one attached hydrogen (secondary N) is 1. The van der Waals surface area contributed by atoms with E-state index < -0.39 is 87.5 Å². The fourth-order valence-corrected chi connectivity index (χ4v) is 4.96. The maximum absolute atomic E-state index is 13.8. The average molecular weight is 604 g/mol. The molecule has 0 heterocycles. The zero-order chi connectivity index (χ0) is 29.5. The Labute approximate surface area is 207 Å². The minimum Gasteiger partial charge on any atom is -0.325 e. The maximum Gasteiger partial charge on any atom is 0.461 e. The van der Waals surface area contributed by atoms with E-state index in [1.807, 2.05) is 5.32 Å². The highest BCUT2D eigenvalue weighted by molar-refractivity contribution is 7.92. The number of carbonyl (C=O) groups is 1. The number of nitro groups is 1. The van der Waals surface area contributed by atoms with Crippen LogP contribution in [0.4, 0.5) is 55.3 Å². The van der Waals surface area contributed by atoms with Crippen LogP contribution in [0.3, 0.4) is 0 Å². The Balaban J connectivity index is 2.39. The largest absolute Gasteiger partial charge is 0.461 e. The zero-order valence-electron chi connectivity index (χ0n) is 17.7. The molecule has 0 saturated heterocycles. The Morgan fingerprint density at radius 1 is 0.947 bits per heavy atom. The number of nitrogens with zero attached hydrogens (tertiary/aromatic N) is 1. The second kappa shape index (κ2) is 10.1. The first-order chi connectivity index (χ1) is 17.0. The molecule has 0 aliphatic carbocycles. The van der Waals surface area contributed by atoms with E-state index in [1.165, 1.54) is 0 Å². The lowest BCUT2D eigenvalue weighted by Gasteiger charge is -2.27. The quantitative estimate of drug-likeness (QED) is 0.259. The van der Waals surface area contributed by atoms with Crippen LogP contribution >= 0.6 is 0 Å². The number of sulfone groups is 1. The summed E-state index contributed by atoms with van der Waals surface area (Å²) >= 11 is 0. The lowest BCUT2D eigenvalue weighted by molar-refractivity contribution is -0.388. The minimum absolute atomic E-state index is 0.0688. The van der Waals surface area contributed by atoms with Gasteiger partial charge in [0.25, 0.3) is 15.5 Å². The van der Waals surface area contributed by atoms with Gasteiger partial charge in [-0.25, -0.2) is 8.42 Å². The Bertz CT molecular complexity index is 1390. The van der Waals surface area contributed by atoms with Gasteiger partial charge >= 0.3 is 23.5 Å². The average Bonchev–Trinajstić information content (AvgIpc) is 2.77. The molecular formula is C18H10F10N2O6S2. The molecule has 20 heteroatoms. The molecule has 0 bridgehead atoms. The fraction of sp³-hybridized carbons (Fsp3) is 0.278. The molecule has 1 N–H and O–H groups in total. The molecule has 2 aromatic carbocycles. The first-order valence-electron chi connectivity index (χ1n) is 9.25. The molecule has 1 unspecified atom stereocenters. The number of amides is 1. The van der Waals surface area contributed by atoms with E-state index in [-0.39, 0.29) is 18.2 Å². The van der Waals surface area contributed by atoms with Crippen molar-refractivity contribution >= 4 is 37.9 Å². The van der Waals surface area contributed by atoms with Crippen LogP contribution in [-0.2, 0) is 31.6 Å². The molecule has 0 saturated carbocycles. The summed E-state index contributed by atoms with van der Waals surface area (Å²) in [6.45, 7) is 0. The normalized spacial score (nSPS) is 14.2.